The van der Waals surface area contributed by atoms with E-state index in [2.05, 4.69) is 0 Å². The first-order valence-corrected chi connectivity index (χ1v) is 5.10. The second-order valence-corrected chi connectivity index (χ2v) is 4.30. The van der Waals surface area contributed by atoms with Gasteiger partial charge in [-0.15, -0.1) is 0 Å². The summed E-state index contributed by atoms with van der Waals surface area (Å²) in [5.41, 5.74) is 0. The number of aliphatic hydroxyl groups excluding tert-OH is 1. The summed E-state index contributed by atoms with van der Waals surface area (Å²) in [6.45, 7) is 1.78. The highest BCUT2D eigenvalue weighted by molar-refractivity contribution is 4.78. The third-order valence-corrected chi connectivity index (χ3v) is 2.93. The molecule has 2 aliphatic rings. The van der Waals surface area contributed by atoms with Gasteiger partial charge >= 0.3 is 0 Å². The lowest BCUT2D eigenvalue weighted by Gasteiger charge is -2.13. The summed E-state index contributed by atoms with van der Waals surface area (Å²) in [5.74, 6) is 1.49. The molecule has 1 saturated heterocycles. The first-order valence-electron chi connectivity index (χ1n) is 5.10. The van der Waals surface area contributed by atoms with E-state index in [0.29, 0.717) is 5.92 Å². The smallest absolute Gasteiger partial charge is 0.0546 e. The lowest BCUT2D eigenvalue weighted by Crippen LogP contribution is -2.14. The summed E-state index contributed by atoms with van der Waals surface area (Å²) in [7, 11) is 0. The molecule has 12 heavy (non-hydrogen) atoms. The highest BCUT2D eigenvalue weighted by atomic mass is 16.5. The molecule has 2 rings (SSSR count). The van der Waals surface area contributed by atoms with Crippen molar-refractivity contribution < 1.29 is 9.84 Å². The Labute approximate surface area is 73.9 Å². The predicted octanol–water partition coefficient (Wildman–Crippen LogP) is 1.57. The quantitative estimate of drug-likeness (QED) is 0.694. The molecule has 0 aromatic carbocycles. The molecule has 1 N–H and O–H groups in total. The zero-order valence-corrected chi connectivity index (χ0v) is 7.54. The molecule has 2 fully saturated rings. The molecule has 2 heteroatoms. The van der Waals surface area contributed by atoms with Crippen LogP contribution in [0.1, 0.15) is 32.1 Å². The van der Waals surface area contributed by atoms with E-state index in [-0.39, 0.29) is 6.10 Å². The SMILES string of the molecule is OC(CC1CC1)CC1CCOC1. The Morgan fingerprint density at radius 3 is 2.50 bits per heavy atom. The zero-order valence-electron chi connectivity index (χ0n) is 7.54. The van der Waals surface area contributed by atoms with Gasteiger partial charge in [-0.3, -0.25) is 0 Å². The second-order valence-electron chi connectivity index (χ2n) is 4.30. The van der Waals surface area contributed by atoms with E-state index in [1.807, 2.05) is 0 Å². The largest absolute Gasteiger partial charge is 0.393 e. The lowest BCUT2D eigenvalue weighted by atomic mass is 9.98. The molecule has 1 heterocycles. The summed E-state index contributed by atoms with van der Waals surface area (Å²) in [4.78, 5) is 0. The van der Waals surface area contributed by atoms with Gasteiger partial charge in [-0.2, -0.15) is 0 Å². The van der Waals surface area contributed by atoms with Gasteiger partial charge in [0.25, 0.3) is 0 Å². The van der Waals surface area contributed by atoms with Gasteiger partial charge in [0.1, 0.15) is 0 Å². The monoisotopic (exact) mass is 170 g/mol. The molecule has 0 bridgehead atoms. The van der Waals surface area contributed by atoms with E-state index in [0.717, 1.165) is 38.4 Å². The van der Waals surface area contributed by atoms with Crippen LogP contribution >= 0.6 is 0 Å². The van der Waals surface area contributed by atoms with Gasteiger partial charge in [-0.1, -0.05) is 12.8 Å². The van der Waals surface area contributed by atoms with Crippen LogP contribution in [0.4, 0.5) is 0 Å². The van der Waals surface area contributed by atoms with E-state index in [4.69, 9.17) is 4.74 Å². The average Bonchev–Trinajstić information content (AvgIpc) is 2.66. The molecule has 0 radical (unpaired) electrons. The molecule has 2 unspecified atom stereocenters. The molecule has 0 amide bonds. The van der Waals surface area contributed by atoms with Crippen molar-refractivity contribution >= 4 is 0 Å². The van der Waals surface area contributed by atoms with Crippen LogP contribution in [0.3, 0.4) is 0 Å². The van der Waals surface area contributed by atoms with E-state index in [9.17, 15) is 5.11 Å². The maximum Gasteiger partial charge on any atom is 0.0546 e. The Balaban J connectivity index is 1.62. The number of hydrogen-bond acceptors (Lipinski definition) is 2. The van der Waals surface area contributed by atoms with E-state index < -0.39 is 0 Å². The fraction of sp³-hybridized carbons (Fsp3) is 1.00. The van der Waals surface area contributed by atoms with Crippen LogP contribution in [0, 0.1) is 11.8 Å². The third-order valence-electron chi connectivity index (χ3n) is 2.93. The van der Waals surface area contributed by atoms with Crippen molar-refractivity contribution in [3.05, 3.63) is 0 Å². The fourth-order valence-electron chi connectivity index (χ4n) is 1.99. The van der Waals surface area contributed by atoms with Crippen molar-refractivity contribution in [1.29, 1.82) is 0 Å². The molecule has 0 aromatic rings. The molecule has 2 nitrogen and oxygen atoms in total. The molecule has 2 atom stereocenters. The second kappa shape index (κ2) is 3.75. The highest BCUT2D eigenvalue weighted by Gasteiger charge is 2.26. The van der Waals surface area contributed by atoms with Crippen LogP contribution in [-0.4, -0.2) is 24.4 Å². The van der Waals surface area contributed by atoms with Gasteiger partial charge in [0.2, 0.25) is 0 Å². The van der Waals surface area contributed by atoms with Crippen molar-refractivity contribution in [2.75, 3.05) is 13.2 Å². The number of aliphatic hydroxyl groups is 1. The molecule has 1 aliphatic heterocycles. The maximum absolute atomic E-state index is 9.66. The standard InChI is InChI=1S/C10H18O2/c11-10(5-8-1-2-8)6-9-3-4-12-7-9/h8-11H,1-7H2. The first kappa shape index (κ1) is 8.52. The molecule has 0 spiro atoms. The minimum atomic E-state index is -0.0517. The van der Waals surface area contributed by atoms with Crippen molar-refractivity contribution in [3.8, 4) is 0 Å². The average molecular weight is 170 g/mol. The third kappa shape index (κ3) is 2.46. The van der Waals surface area contributed by atoms with Crippen LogP contribution in [0.25, 0.3) is 0 Å². The highest BCUT2D eigenvalue weighted by Crippen LogP contribution is 2.35. The summed E-state index contributed by atoms with van der Waals surface area (Å²) < 4.78 is 5.27. The van der Waals surface area contributed by atoms with Gasteiger partial charge in [-0.05, 0) is 31.1 Å². The fourth-order valence-corrected chi connectivity index (χ4v) is 1.99. The molecular formula is C10H18O2. The van der Waals surface area contributed by atoms with Crippen LogP contribution in [0.5, 0.6) is 0 Å². The van der Waals surface area contributed by atoms with Crippen molar-refractivity contribution in [2.45, 2.75) is 38.2 Å². The van der Waals surface area contributed by atoms with Gasteiger partial charge in [0.15, 0.2) is 0 Å². The summed E-state index contributed by atoms with van der Waals surface area (Å²) in [6.07, 6.45) is 5.80. The summed E-state index contributed by atoms with van der Waals surface area (Å²) in [5, 5.41) is 9.66. The van der Waals surface area contributed by atoms with Crippen molar-refractivity contribution in [1.82, 2.24) is 0 Å². The number of rotatable bonds is 4. The van der Waals surface area contributed by atoms with Crippen LogP contribution < -0.4 is 0 Å². The Morgan fingerprint density at radius 1 is 1.17 bits per heavy atom. The van der Waals surface area contributed by atoms with Gasteiger partial charge in [0, 0.05) is 13.2 Å². The lowest BCUT2D eigenvalue weighted by molar-refractivity contribution is 0.117. The van der Waals surface area contributed by atoms with Gasteiger partial charge in [0.05, 0.1) is 6.10 Å². The van der Waals surface area contributed by atoms with Gasteiger partial charge in [-0.25, -0.2) is 0 Å². The number of hydrogen-bond donors (Lipinski definition) is 1. The topological polar surface area (TPSA) is 29.5 Å². The Hall–Kier alpha value is -0.0800. The molecule has 70 valence electrons. The maximum atomic E-state index is 9.66. The first-order chi connectivity index (χ1) is 5.84. The van der Waals surface area contributed by atoms with Crippen LogP contribution in [0.2, 0.25) is 0 Å². The van der Waals surface area contributed by atoms with Crippen molar-refractivity contribution in [3.63, 3.8) is 0 Å². The van der Waals surface area contributed by atoms with E-state index in [1.54, 1.807) is 0 Å². The van der Waals surface area contributed by atoms with E-state index in [1.165, 1.54) is 12.8 Å². The van der Waals surface area contributed by atoms with Crippen LogP contribution in [-0.2, 0) is 4.74 Å². The molecular weight excluding hydrogens is 152 g/mol. The Kier molecular flexibility index (Phi) is 2.66. The zero-order chi connectivity index (χ0) is 8.39. The number of ether oxygens (including phenoxy) is 1. The van der Waals surface area contributed by atoms with E-state index >= 15 is 0 Å². The molecule has 1 saturated carbocycles. The minimum Gasteiger partial charge on any atom is -0.393 e. The molecule has 0 aromatic heterocycles. The predicted molar refractivity (Wildman–Crippen MR) is 46.9 cm³/mol. The van der Waals surface area contributed by atoms with Crippen molar-refractivity contribution in [2.24, 2.45) is 11.8 Å². The Morgan fingerprint density at radius 2 is 1.92 bits per heavy atom. The molecule has 1 aliphatic carbocycles. The summed E-state index contributed by atoms with van der Waals surface area (Å²) in [6, 6.07) is 0. The Bertz CT molecular complexity index is 137. The van der Waals surface area contributed by atoms with Crippen LogP contribution in [0.15, 0.2) is 0 Å². The minimum absolute atomic E-state index is 0.0517. The summed E-state index contributed by atoms with van der Waals surface area (Å²) >= 11 is 0. The normalized spacial score (nSPS) is 32.2. The van der Waals surface area contributed by atoms with Gasteiger partial charge < -0.3 is 9.84 Å².